The molecule has 0 amide bonds. The fourth-order valence-electron chi connectivity index (χ4n) is 1.06. The van der Waals surface area contributed by atoms with Gasteiger partial charge in [0.15, 0.2) is 0 Å². The summed E-state index contributed by atoms with van der Waals surface area (Å²) in [6.07, 6.45) is 1.61. The lowest BCUT2D eigenvalue weighted by atomic mass is 10.2. The van der Waals surface area contributed by atoms with Gasteiger partial charge in [0.25, 0.3) is 0 Å². The normalized spacial score (nSPS) is 17.1. The van der Waals surface area contributed by atoms with E-state index in [9.17, 15) is 0 Å². The standard InChI is InChI=1S/C7H18O2Si/c1-4-7(9-10)6(3)8-5-2/h6-7H,4-5H2,1-3,10H3. The number of hydrogen-bond donors (Lipinski definition) is 0. The van der Waals surface area contributed by atoms with Crippen LogP contribution >= 0.6 is 0 Å². The molecule has 0 fully saturated rings. The van der Waals surface area contributed by atoms with Crippen molar-refractivity contribution in [1.82, 2.24) is 0 Å². The van der Waals surface area contributed by atoms with Crippen LogP contribution in [0.5, 0.6) is 0 Å². The Morgan fingerprint density at radius 1 is 1.40 bits per heavy atom. The van der Waals surface area contributed by atoms with Crippen molar-refractivity contribution in [3.05, 3.63) is 0 Å². The van der Waals surface area contributed by atoms with Gasteiger partial charge in [0.1, 0.15) is 10.5 Å². The van der Waals surface area contributed by atoms with Gasteiger partial charge in [-0.25, -0.2) is 0 Å². The molecule has 0 heterocycles. The predicted molar refractivity (Wildman–Crippen MR) is 46.2 cm³/mol. The van der Waals surface area contributed by atoms with E-state index in [4.69, 9.17) is 9.16 Å². The maximum absolute atomic E-state index is 5.38. The summed E-state index contributed by atoms with van der Waals surface area (Å²) in [6, 6.07) is 0. The van der Waals surface area contributed by atoms with Crippen LogP contribution in [0.4, 0.5) is 0 Å². The van der Waals surface area contributed by atoms with Crippen molar-refractivity contribution in [2.45, 2.75) is 39.4 Å². The molecule has 2 atom stereocenters. The highest BCUT2D eigenvalue weighted by atomic mass is 28.2. The lowest BCUT2D eigenvalue weighted by Gasteiger charge is -2.21. The third kappa shape index (κ3) is 3.34. The summed E-state index contributed by atoms with van der Waals surface area (Å²) in [5.74, 6) is 0. The van der Waals surface area contributed by atoms with Crippen LogP contribution in [-0.4, -0.2) is 29.3 Å². The van der Waals surface area contributed by atoms with Crippen molar-refractivity contribution in [3.63, 3.8) is 0 Å². The molecule has 0 aliphatic heterocycles. The van der Waals surface area contributed by atoms with Crippen molar-refractivity contribution in [2.75, 3.05) is 6.61 Å². The molecule has 0 N–H and O–H groups in total. The first-order valence-corrected chi connectivity index (χ1v) is 4.72. The average Bonchev–Trinajstić information content (AvgIpc) is 1.91. The molecule has 0 saturated heterocycles. The van der Waals surface area contributed by atoms with E-state index in [1.807, 2.05) is 6.92 Å². The Kier molecular flexibility index (Phi) is 5.97. The van der Waals surface area contributed by atoms with Gasteiger partial charge in [0.2, 0.25) is 0 Å². The summed E-state index contributed by atoms with van der Waals surface area (Å²) in [7, 11) is 0.807. The minimum absolute atomic E-state index is 0.257. The summed E-state index contributed by atoms with van der Waals surface area (Å²) in [4.78, 5) is 0. The molecule has 62 valence electrons. The van der Waals surface area contributed by atoms with Gasteiger partial charge in [-0.15, -0.1) is 0 Å². The molecular formula is C7H18O2Si. The molecule has 0 bridgehead atoms. The van der Waals surface area contributed by atoms with Crippen LogP contribution in [0.25, 0.3) is 0 Å². The maximum Gasteiger partial charge on any atom is 0.146 e. The van der Waals surface area contributed by atoms with Crippen LogP contribution in [0.1, 0.15) is 27.2 Å². The van der Waals surface area contributed by atoms with E-state index in [-0.39, 0.29) is 6.10 Å². The monoisotopic (exact) mass is 162 g/mol. The molecule has 0 aliphatic carbocycles. The summed E-state index contributed by atoms with van der Waals surface area (Å²) in [5, 5.41) is 0. The average molecular weight is 162 g/mol. The first-order valence-electron chi connectivity index (χ1n) is 3.90. The van der Waals surface area contributed by atoms with Crippen LogP contribution in [0.15, 0.2) is 0 Å². The first kappa shape index (κ1) is 10.1. The Morgan fingerprint density at radius 2 is 2.00 bits per heavy atom. The molecule has 0 spiro atoms. The number of rotatable bonds is 5. The molecule has 0 rings (SSSR count). The quantitative estimate of drug-likeness (QED) is 0.548. The zero-order chi connectivity index (χ0) is 7.98. The van der Waals surface area contributed by atoms with E-state index >= 15 is 0 Å². The summed E-state index contributed by atoms with van der Waals surface area (Å²) in [6.45, 7) is 6.98. The summed E-state index contributed by atoms with van der Waals surface area (Å²) < 4.78 is 10.7. The third-order valence-corrected chi connectivity index (χ3v) is 2.26. The van der Waals surface area contributed by atoms with Crippen LogP contribution in [0.3, 0.4) is 0 Å². The Labute approximate surface area is 66.5 Å². The molecule has 0 radical (unpaired) electrons. The van der Waals surface area contributed by atoms with Gasteiger partial charge in [-0.1, -0.05) is 6.92 Å². The van der Waals surface area contributed by atoms with Crippen molar-refractivity contribution < 1.29 is 9.16 Å². The first-order chi connectivity index (χ1) is 4.76. The van der Waals surface area contributed by atoms with Gasteiger partial charge >= 0.3 is 0 Å². The number of hydrogen-bond acceptors (Lipinski definition) is 2. The molecule has 0 aliphatic rings. The molecule has 2 unspecified atom stereocenters. The Balaban J connectivity index is 3.53. The van der Waals surface area contributed by atoms with Crippen molar-refractivity contribution in [1.29, 1.82) is 0 Å². The van der Waals surface area contributed by atoms with E-state index in [1.165, 1.54) is 0 Å². The fraction of sp³-hybridized carbons (Fsp3) is 1.00. The Hall–Kier alpha value is 0.137. The highest BCUT2D eigenvalue weighted by molar-refractivity contribution is 5.98. The smallest absolute Gasteiger partial charge is 0.146 e. The second-order valence-corrected chi connectivity index (χ2v) is 2.81. The van der Waals surface area contributed by atoms with Crippen molar-refractivity contribution in [2.24, 2.45) is 0 Å². The zero-order valence-corrected chi connectivity index (χ0v) is 9.39. The lowest BCUT2D eigenvalue weighted by Crippen LogP contribution is -2.27. The van der Waals surface area contributed by atoms with Gasteiger partial charge in [-0.3, -0.25) is 0 Å². The van der Waals surface area contributed by atoms with Crippen molar-refractivity contribution >= 4 is 10.5 Å². The highest BCUT2D eigenvalue weighted by Gasteiger charge is 2.12. The van der Waals surface area contributed by atoms with E-state index in [1.54, 1.807) is 0 Å². The Morgan fingerprint density at radius 3 is 2.30 bits per heavy atom. The molecule has 2 nitrogen and oxygen atoms in total. The van der Waals surface area contributed by atoms with E-state index in [0.29, 0.717) is 6.10 Å². The van der Waals surface area contributed by atoms with Crippen LogP contribution in [0.2, 0.25) is 0 Å². The molecule has 10 heavy (non-hydrogen) atoms. The summed E-state index contributed by atoms with van der Waals surface area (Å²) in [5.41, 5.74) is 0. The predicted octanol–water partition coefficient (Wildman–Crippen LogP) is 0.487. The van der Waals surface area contributed by atoms with Crippen LogP contribution in [0, 0.1) is 0 Å². The molecule has 0 aromatic carbocycles. The van der Waals surface area contributed by atoms with E-state index in [0.717, 1.165) is 23.5 Å². The maximum atomic E-state index is 5.38. The zero-order valence-electron chi connectivity index (χ0n) is 7.39. The van der Waals surface area contributed by atoms with Crippen molar-refractivity contribution in [3.8, 4) is 0 Å². The largest absolute Gasteiger partial charge is 0.422 e. The minimum Gasteiger partial charge on any atom is -0.422 e. The lowest BCUT2D eigenvalue weighted by molar-refractivity contribution is -0.00734. The van der Waals surface area contributed by atoms with Crippen LogP contribution in [-0.2, 0) is 9.16 Å². The second-order valence-electron chi connectivity index (χ2n) is 2.34. The highest BCUT2D eigenvalue weighted by Crippen LogP contribution is 2.05. The second kappa shape index (κ2) is 5.89. The van der Waals surface area contributed by atoms with Gasteiger partial charge in [0.05, 0.1) is 12.2 Å². The third-order valence-electron chi connectivity index (χ3n) is 1.66. The fourth-order valence-corrected chi connectivity index (χ4v) is 1.78. The molecule has 3 heteroatoms. The van der Waals surface area contributed by atoms with Crippen LogP contribution < -0.4 is 0 Å². The van der Waals surface area contributed by atoms with Gasteiger partial charge in [-0.2, -0.15) is 0 Å². The van der Waals surface area contributed by atoms with E-state index in [2.05, 4.69) is 13.8 Å². The Bertz CT molecular complexity index is 74.0. The summed E-state index contributed by atoms with van der Waals surface area (Å²) >= 11 is 0. The molecule has 0 aromatic heterocycles. The van der Waals surface area contributed by atoms with Gasteiger partial charge in [-0.05, 0) is 20.3 Å². The molecule has 0 aromatic rings. The topological polar surface area (TPSA) is 18.5 Å². The molecule has 0 saturated carbocycles. The number of ether oxygens (including phenoxy) is 1. The molecular weight excluding hydrogens is 144 g/mol. The minimum atomic E-state index is 0.257. The van der Waals surface area contributed by atoms with Gasteiger partial charge in [0, 0.05) is 6.61 Å². The van der Waals surface area contributed by atoms with E-state index < -0.39 is 0 Å². The van der Waals surface area contributed by atoms with Gasteiger partial charge < -0.3 is 9.16 Å². The SMILES string of the molecule is CCOC(C)C(CC)O[SiH3].